The lowest BCUT2D eigenvalue weighted by molar-refractivity contribution is -0.136. The van der Waals surface area contributed by atoms with Crippen LogP contribution >= 0.6 is 22.7 Å². The normalized spacial score (nSPS) is 19.0. The molecule has 4 amide bonds. The molecule has 1 unspecified atom stereocenters. The van der Waals surface area contributed by atoms with Gasteiger partial charge < -0.3 is 38.7 Å². The van der Waals surface area contributed by atoms with Gasteiger partial charge in [0.25, 0.3) is 0 Å². The Morgan fingerprint density at radius 3 is 2.00 bits per heavy atom. The number of ether oxygens (including phenoxy) is 2. The minimum atomic E-state index is -0.728. The van der Waals surface area contributed by atoms with Crippen LogP contribution in [-0.2, 0) is 19.1 Å². The Balaban J connectivity index is 0.991. The van der Waals surface area contributed by atoms with Crippen molar-refractivity contribution in [3.05, 3.63) is 60.3 Å². The van der Waals surface area contributed by atoms with Crippen molar-refractivity contribution in [2.75, 3.05) is 33.9 Å². The van der Waals surface area contributed by atoms with Gasteiger partial charge in [-0.2, -0.15) is 0 Å². The Morgan fingerprint density at radius 1 is 0.839 bits per heavy atom. The van der Waals surface area contributed by atoms with Crippen molar-refractivity contribution in [3.63, 3.8) is 0 Å². The Kier molecular flexibility index (Phi) is 10.2. The van der Waals surface area contributed by atoms with Crippen LogP contribution in [0.4, 0.5) is 9.59 Å². The van der Waals surface area contributed by atoms with Gasteiger partial charge in [0.2, 0.25) is 23.6 Å². The molecular formula is C40H42N6O8S2. The molecule has 4 aromatic heterocycles. The average Bonchev–Trinajstić information content (AvgIpc) is 4.04. The second-order valence-electron chi connectivity index (χ2n) is 14.7. The number of hydrogen-bond donors (Lipinski definition) is 2. The van der Waals surface area contributed by atoms with Crippen LogP contribution in [0.3, 0.4) is 0 Å². The maximum Gasteiger partial charge on any atom is 0.407 e. The Bertz CT molecular complexity index is 2430. The highest BCUT2D eigenvalue weighted by atomic mass is 32.1. The molecule has 0 saturated carbocycles. The smallest absolute Gasteiger partial charge is 0.407 e. The summed E-state index contributed by atoms with van der Waals surface area (Å²) in [5.41, 5.74) is 4.78. The molecule has 0 radical (unpaired) electrons. The number of benzene rings is 2. The quantitative estimate of drug-likeness (QED) is 0.147. The number of nitrogens with one attached hydrogen (secondary N) is 2. The highest BCUT2D eigenvalue weighted by molar-refractivity contribution is 7.31. The van der Waals surface area contributed by atoms with Crippen LogP contribution in [0.5, 0.6) is 0 Å². The molecule has 2 aliphatic heterocycles. The molecule has 2 N–H and O–H groups in total. The van der Waals surface area contributed by atoms with Gasteiger partial charge in [-0.1, -0.05) is 32.9 Å². The number of carbonyl (C=O) groups excluding carboxylic acids is 4. The summed E-state index contributed by atoms with van der Waals surface area (Å²) >= 11 is 3.40. The molecule has 292 valence electrons. The zero-order chi connectivity index (χ0) is 39.2. The van der Waals surface area contributed by atoms with Gasteiger partial charge >= 0.3 is 12.2 Å². The fourth-order valence-electron chi connectivity index (χ4n) is 7.64. The topological polar surface area (TPSA) is 169 Å². The molecule has 6 heterocycles. The van der Waals surface area contributed by atoms with E-state index in [0.717, 1.165) is 54.2 Å². The maximum absolute atomic E-state index is 13.7. The summed E-state index contributed by atoms with van der Waals surface area (Å²) in [5, 5.41) is 5.16. The third kappa shape index (κ3) is 7.18. The lowest BCUT2D eigenvalue weighted by Crippen LogP contribution is -2.51. The highest BCUT2D eigenvalue weighted by Gasteiger charge is 2.41. The van der Waals surface area contributed by atoms with Gasteiger partial charge in [-0.25, -0.2) is 19.6 Å². The van der Waals surface area contributed by atoms with Gasteiger partial charge in [0.05, 0.1) is 14.2 Å². The summed E-state index contributed by atoms with van der Waals surface area (Å²) in [6.45, 7) is 6.84. The van der Waals surface area contributed by atoms with Crippen LogP contribution in [0, 0.1) is 11.8 Å². The van der Waals surface area contributed by atoms with Gasteiger partial charge in [-0.3, -0.25) is 9.59 Å². The van der Waals surface area contributed by atoms with Crippen LogP contribution in [0.1, 0.15) is 63.9 Å². The molecule has 2 aromatic carbocycles. The molecule has 8 rings (SSSR count). The second-order valence-corrected chi connectivity index (χ2v) is 16.9. The summed E-state index contributed by atoms with van der Waals surface area (Å²) in [7, 11) is 2.54. The van der Waals surface area contributed by atoms with Gasteiger partial charge in [0.1, 0.15) is 35.7 Å². The SMILES string of the molecule is COC(=O)NCC(=O)N1CCC[C@H]1c1nc2ccc(-c3cc4sc(-c5ccc6nc(C7C[C@H](C)CN7C(=O)[C@@H](NC(=O)OC)C(C)C)oc6c5)cc4s3)cc2o1. The summed E-state index contributed by atoms with van der Waals surface area (Å²) in [5.74, 6) is 0.696. The number of methoxy groups -OCH3 is 2. The molecule has 2 saturated heterocycles. The van der Waals surface area contributed by atoms with Crippen molar-refractivity contribution in [2.24, 2.45) is 11.8 Å². The Labute approximate surface area is 330 Å². The summed E-state index contributed by atoms with van der Waals surface area (Å²) in [4.78, 5) is 65.3. The largest absolute Gasteiger partial charge is 0.453 e. The van der Waals surface area contributed by atoms with E-state index in [4.69, 9.17) is 23.5 Å². The minimum Gasteiger partial charge on any atom is -0.453 e. The number of aromatic nitrogens is 2. The van der Waals surface area contributed by atoms with E-state index >= 15 is 0 Å². The summed E-state index contributed by atoms with van der Waals surface area (Å²) in [6, 6.07) is 15.0. The van der Waals surface area contributed by atoms with Crippen molar-refractivity contribution < 1.29 is 37.5 Å². The van der Waals surface area contributed by atoms with Crippen molar-refractivity contribution in [1.82, 2.24) is 30.4 Å². The molecule has 0 spiro atoms. The van der Waals surface area contributed by atoms with Crippen molar-refractivity contribution in [1.29, 1.82) is 0 Å². The van der Waals surface area contributed by atoms with E-state index in [1.165, 1.54) is 14.2 Å². The molecule has 4 atom stereocenters. The van der Waals surface area contributed by atoms with E-state index in [1.54, 1.807) is 32.5 Å². The zero-order valence-electron chi connectivity index (χ0n) is 31.6. The number of hydrogen-bond acceptors (Lipinski definition) is 12. The maximum atomic E-state index is 13.7. The molecule has 14 nitrogen and oxygen atoms in total. The molecule has 6 aromatic rings. The summed E-state index contributed by atoms with van der Waals surface area (Å²) in [6.07, 6.45) is 0.966. The Hall–Kier alpha value is -5.48. The molecular weight excluding hydrogens is 757 g/mol. The predicted octanol–water partition coefficient (Wildman–Crippen LogP) is 7.89. The standard InChI is InChI=1S/C40H42N6O8S2/c1-20(2)35(44-40(50)52-5)38(48)46-19-21(3)13-27(46)37-43-25-11-9-23(15-29(25)54-37)31-17-33-32(56-31)16-30(55-33)22-8-10-24-28(14-22)53-36(42-24)26-7-6-12-45(26)34(47)18-41-39(49)51-4/h8-11,14-17,20-21,26-27,35H,6-7,12-13,18-19H2,1-5H3,(H,41,49)(H,44,50)/t21-,26-,27?,35-/m0/s1. The molecule has 16 heteroatoms. The third-order valence-corrected chi connectivity index (χ3v) is 12.9. The van der Waals surface area contributed by atoms with E-state index < -0.39 is 18.2 Å². The Morgan fingerprint density at radius 2 is 1.43 bits per heavy atom. The second kappa shape index (κ2) is 15.2. The van der Waals surface area contributed by atoms with Gasteiger partial charge in [-0.15, -0.1) is 22.7 Å². The van der Waals surface area contributed by atoms with Crippen LogP contribution in [0.15, 0.2) is 57.4 Å². The number of alkyl carbamates (subject to hydrolysis) is 2. The highest BCUT2D eigenvalue weighted by Crippen LogP contribution is 2.44. The van der Waals surface area contributed by atoms with Crippen molar-refractivity contribution in [3.8, 4) is 20.9 Å². The molecule has 2 fully saturated rings. The fourth-order valence-corrected chi connectivity index (χ4v) is 10.0. The van der Waals surface area contributed by atoms with E-state index in [1.807, 2.05) is 50.2 Å². The predicted molar refractivity (Wildman–Crippen MR) is 212 cm³/mol. The lowest BCUT2D eigenvalue weighted by atomic mass is 10.0. The molecule has 0 bridgehead atoms. The lowest BCUT2D eigenvalue weighted by Gasteiger charge is -2.29. The number of oxazole rings is 2. The number of rotatable bonds is 9. The number of carbonyl (C=O) groups is 4. The number of thiophene rings is 2. The van der Waals surface area contributed by atoms with Crippen LogP contribution in [0.25, 0.3) is 52.5 Å². The van der Waals surface area contributed by atoms with E-state index in [-0.39, 0.29) is 42.3 Å². The van der Waals surface area contributed by atoms with Crippen LogP contribution < -0.4 is 10.6 Å². The zero-order valence-corrected chi connectivity index (χ0v) is 33.3. The van der Waals surface area contributed by atoms with Gasteiger partial charge in [0, 0.05) is 32.2 Å². The first kappa shape index (κ1) is 37.4. The molecule has 2 aliphatic rings. The molecule has 0 aliphatic carbocycles. The number of fused-ring (bicyclic) bond motifs is 3. The first-order valence-corrected chi connectivity index (χ1v) is 20.2. The monoisotopic (exact) mass is 798 g/mol. The van der Waals surface area contributed by atoms with Gasteiger partial charge in [0.15, 0.2) is 11.2 Å². The number of nitrogens with zero attached hydrogens (tertiary/aromatic N) is 4. The van der Waals surface area contributed by atoms with Gasteiger partial charge in [-0.05, 0) is 78.6 Å². The van der Waals surface area contributed by atoms with Crippen LogP contribution in [0.2, 0.25) is 0 Å². The molecule has 56 heavy (non-hydrogen) atoms. The van der Waals surface area contributed by atoms with Crippen LogP contribution in [-0.4, -0.2) is 83.7 Å². The van der Waals surface area contributed by atoms with E-state index in [2.05, 4.69) is 34.4 Å². The fraction of sp³-hybridized carbons (Fsp3) is 0.400. The third-order valence-electron chi connectivity index (χ3n) is 10.5. The first-order valence-electron chi connectivity index (χ1n) is 18.6. The minimum absolute atomic E-state index is 0.135. The first-order chi connectivity index (χ1) is 27.0. The van der Waals surface area contributed by atoms with E-state index in [9.17, 15) is 19.2 Å². The number of amides is 4. The average molecular weight is 799 g/mol. The van der Waals surface area contributed by atoms with E-state index in [0.29, 0.717) is 42.5 Å². The van der Waals surface area contributed by atoms with Crippen molar-refractivity contribution in [2.45, 2.75) is 58.2 Å². The summed E-state index contributed by atoms with van der Waals surface area (Å²) < 4.78 is 24.3. The van der Waals surface area contributed by atoms with Crippen molar-refractivity contribution >= 4 is 78.3 Å². The number of likely N-dealkylation sites (tertiary alicyclic amines) is 2.